The molecule has 0 saturated heterocycles. The number of likely N-dealkylation sites (N-methyl/N-ethyl adjacent to an activating group) is 1. The van der Waals surface area contributed by atoms with Gasteiger partial charge in [-0.15, -0.1) is 0 Å². The fourth-order valence-corrected chi connectivity index (χ4v) is 5.10. The minimum atomic E-state index is 0.0282. The predicted molar refractivity (Wildman–Crippen MR) is 112 cm³/mol. The van der Waals surface area contributed by atoms with E-state index < -0.39 is 0 Å². The van der Waals surface area contributed by atoms with E-state index in [2.05, 4.69) is 40.3 Å². The van der Waals surface area contributed by atoms with Crippen LogP contribution in [0.1, 0.15) is 17.8 Å². The van der Waals surface area contributed by atoms with Crippen molar-refractivity contribution in [3.05, 3.63) is 71.5 Å². The van der Waals surface area contributed by atoms with E-state index in [-0.39, 0.29) is 11.7 Å². The molecule has 142 valence electrons. The Morgan fingerprint density at radius 1 is 1.32 bits per heavy atom. The molecule has 5 heterocycles. The summed E-state index contributed by atoms with van der Waals surface area (Å²) < 4.78 is 1.83. The van der Waals surface area contributed by atoms with Gasteiger partial charge in [0.2, 0.25) is 0 Å². The summed E-state index contributed by atoms with van der Waals surface area (Å²) in [5, 5.41) is 5.66. The van der Waals surface area contributed by atoms with Gasteiger partial charge in [-0.1, -0.05) is 26.8 Å². The minimum absolute atomic E-state index is 0.0282. The average Bonchev–Trinajstić information content (AvgIpc) is 3.11. The van der Waals surface area contributed by atoms with Crippen molar-refractivity contribution in [1.82, 2.24) is 24.4 Å². The Morgan fingerprint density at radius 3 is 3.04 bits per heavy atom. The Morgan fingerprint density at radius 2 is 2.21 bits per heavy atom. The van der Waals surface area contributed by atoms with Gasteiger partial charge in [-0.05, 0) is 37.6 Å². The number of amides is 1. The average molecular weight is 391 g/mol. The van der Waals surface area contributed by atoms with Crippen LogP contribution in [0.25, 0.3) is 10.8 Å². The van der Waals surface area contributed by atoms with E-state index in [1.54, 1.807) is 6.08 Å². The molecule has 7 heteroatoms. The third-order valence-electron chi connectivity index (χ3n) is 5.39. The summed E-state index contributed by atoms with van der Waals surface area (Å²) in [6, 6.07) is 2.01. The zero-order valence-corrected chi connectivity index (χ0v) is 17.0. The summed E-state index contributed by atoms with van der Waals surface area (Å²) in [5.41, 5.74) is 5.22. The summed E-state index contributed by atoms with van der Waals surface area (Å²) in [5.74, 6) is 0.105. The van der Waals surface area contributed by atoms with Crippen molar-refractivity contribution in [2.24, 2.45) is 0 Å². The van der Waals surface area contributed by atoms with Crippen molar-refractivity contribution in [3.63, 3.8) is 0 Å². The lowest BCUT2D eigenvalue weighted by atomic mass is 9.98. The van der Waals surface area contributed by atoms with E-state index in [9.17, 15) is 4.79 Å². The summed E-state index contributed by atoms with van der Waals surface area (Å²) in [6.45, 7) is 3.97. The molecule has 6 nitrogen and oxygen atoms in total. The monoisotopic (exact) mass is 391 g/mol. The Balaban J connectivity index is 1.43. The zero-order chi connectivity index (χ0) is 19.3. The SMILES string of the molecule is Cc1cn2nc(C3=CC(=O)N4C=C(C5=CCN(C)CC5)C=CC4P3)cc2cn1. The van der Waals surface area contributed by atoms with Gasteiger partial charge in [0.1, 0.15) is 0 Å². The Bertz CT molecular complexity index is 1090. The smallest absolute Gasteiger partial charge is 0.252 e. The second-order valence-corrected chi connectivity index (χ2v) is 8.92. The van der Waals surface area contributed by atoms with Gasteiger partial charge in [-0.3, -0.25) is 9.78 Å². The first kappa shape index (κ1) is 17.5. The summed E-state index contributed by atoms with van der Waals surface area (Å²) >= 11 is 0. The fourth-order valence-electron chi connectivity index (χ4n) is 3.77. The van der Waals surface area contributed by atoms with Crippen molar-refractivity contribution in [1.29, 1.82) is 0 Å². The standard InChI is InChI=1S/C21H22N5OP/c1-14-12-26-17(11-22-14)9-18(23-26)19-10-20(27)25-13-16(3-4-21(25)28-19)15-5-7-24(2)8-6-15/h3-5,9-13,21,28H,6-8H2,1-2H3. The molecule has 0 aromatic carbocycles. The number of carbonyl (C=O) groups is 1. The number of fused-ring (bicyclic) bond motifs is 2. The normalized spacial score (nSPS) is 23.6. The summed E-state index contributed by atoms with van der Waals surface area (Å²) in [6.07, 6.45) is 15.1. The molecule has 2 unspecified atom stereocenters. The van der Waals surface area contributed by atoms with Crippen LogP contribution in [0.2, 0.25) is 0 Å². The molecule has 5 rings (SSSR count). The van der Waals surface area contributed by atoms with Crippen molar-refractivity contribution in [2.45, 2.75) is 19.1 Å². The molecule has 1 amide bonds. The lowest BCUT2D eigenvalue weighted by Crippen LogP contribution is -2.35. The maximum absolute atomic E-state index is 12.9. The van der Waals surface area contributed by atoms with E-state index in [1.165, 1.54) is 5.57 Å². The second-order valence-electron chi connectivity index (χ2n) is 7.51. The number of aromatic nitrogens is 3. The highest BCUT2D eigenvalue weighted by Crippen LogP contribution is 2.44. The van der Waals surface area contributed by atoms with Crippen LogP contribution in [-0.4, -0.2) is 56.2 Å². The number of hydrogen-bond donors (Lipinski definition) is 0. The van der Waals surface area contributed by atoms with Crippen LogP contribution >= 0.6 is 8.58 Å². The zero-order valence-electron chi connectivity index (χ0n) is 16.0. The molecule has 28 heavy (non-hydrogen) atoms. The number of rotatable bonds is 2. The topological polar surface area (TPSA) is 53.7 Å². The fraction of sp³-hybridized carbons (Fsp3) is 0.286. The van der Waals surface area contributed by atoms with Crippen LogP contribution in [-0.2, 0) is 4.79 Å². The van der Waals surface area contributed by atoms with Crippen molar-refractivity contribution in [2.75, 3.05) is 20.1 Å². The van der Waals surface area contributed by atoms with Crippen LogP contribution in [0.15, 0.2) is 60.1 Å². The highest BCUT2D eigenvalue weighted by Gasteiger charge is 2.30. The van der Waals surface area contributed by atoms with E-state index in [1.807, 2.05) is 41.0 Å². The molecule has 2 atom stereocenters. The molecule has 2 aromatic rings. The van der Waals surface area contributed by atoms with E-state index in [0.717, 1.165) is 47.3 Å². The van der Waals surface area contributed by atoms with Crippen molar-refractivity contribution >= 4 is 25.3 Å². The van der Waals surface area contributed by atoms with E-state index in [4.69, 9.17) is 0 Å². The molecule has 3 aliphatic rings. The second kappa shape index (κ2) is 6.80. The predicted octanol–water partition coefficient (Wildman–Crippen LogP) is 2.94. The van der Waals surface area contributed by atoms with Gasteiger partial charge in [-0.25, -0.2) is 4.52 Å². The molecule has 0 radical (unpaired) electrons. The number of aryl methyl sites for hydroxylation is 1. The van der Waals surface area contributed by atoms with Gasteiger partial charge in [-0.2, -0.15) is 5.10 Å². The molecule has 0 saturated carbocycles. The molecular formula is C21H22N5OP. The number of hydrogen-bond acceptors (Lipinski definition) is 4. The van der Waals surface area contributed by atoms with E-state index in [0.29, 0.717) is 8.58 Å². The lowest BCUT2D eigenvalue weighted by molar-refractivity contribution is -0.123. The highest BCUT2D eigenvalue weighted by molar-refractivity contribution is 7.51. The number of allylic oxidation sites excluding steroid dienone is 2. The molecule has 3 aliphatic heterocycles. The van der Waals surface area contributed by atoms with Crippen LogP contribution < -0.4 is 0 Å². The van der Waals surface area contributed by atoms with Gasteiger partial charge < -0.3 is 9.80 Å². The van der Waals surface area contributed by atoms with E-state index >= 15 is 0 Å². The van der Waals surface area contributed by atoms with Gasteiger partial charge >= 0.3 is 0 Å². The number of carbonyl (C=O) groups excluding carboxylic acids is 1. The third kappa shape index (κ3) is 3.13. The number of nitrogens with zero attached hydrogens (tertiary/aromatic N) is 5. The molecule has 0 N–H and O–H groups in total. The van der Waals surface area contributed by atoms with Crippen LogP contribution in [0, 0.1) is 6.92 Å². The van der Waals surface area contributed by atoms with Crippen LogP contribution in [0.4, 0.5) is 0 Å². The summed E-state index contributed by atoms with van der Waals surface area (Å²) in [4.78, 5) is 21.4. The quantitative estimate of drug-likeness (QED) is 0.739. The Hall–Kier alpha value is -2.56. The van der Waals surface area contributed by atoms with Crippen LogP contribution in [0.3, 0.4) is 0 Å². The van der Waals surface area contributed by atoms with Crippen LogP contribution in [0.5, 0.6) is 0 Å². The Labute approximate surface area is 165 Å². The first-order chi connectivity index (χ1) is 13.6. The first-order valence-electron chi connectivity index (χ1n) is 9.48. The minimum Gasteiger partial charge on any atom is -0.304 e. The highest BCUT2D eigenvalue weighted by atomic mass is 31.1. The first-order valence-corrected chi connectivity index (χ1v) is 10.6. The molecule has 0 spiro atoms. The largest absolute Gasteiger partial charge is 0.304 e. The van der Waals surface area contributed by atoms with Gasteiger partial charge in [0, 0.05) is 30.7 Å². The van der Waals surface area contributed by atoms with Gasteiger partial charge in [0.25, 0.3) is 5.91 Å². The molecule has 0 fully saturated rings. The third-order valence-corrected chi connectivity index (χ3v) is 6.87. The Kier molecular flexibility index (Phi) is 4.26. The molecule has 0 bridgehead atoms. The van der Waals surface area contributed by atoms with Crippen molar-refractivity contribution < 1.29 is 4.79 Å². The maximum Gasteiger partial charge on any atom is 0.252 e. The molecule has 0 aliphatic carbocycles. The molecule has 2 aromatic heterocycles. The summed E-state index contributed by atoms with van der Waals surface area (Å²) in [7, 11) is 2.61. The van der Waals surface area contributed by atoms with Gasteiger partial charge in [0.15, 0.2) is 0 Å². The molecular weight excluding hydrogens is 369 g/mol. The lowest BCUT2D eigenvalue weighted by Gasteiger charge is -2.34. The van der Waals surface area contributed by atoms with Crippen molar-refractivity contribution in [3.8, 4) is 0 Å². The maximum atomic E-state index is 12.9. The van der Waals surface area contributed by atoms with Gasteiger partial charge in [0.05, 0.1) is 35.1 Å².